The molecule has 4 fully saturated rings. The number of ketones is 1. The van der Waals surface area contributed by atoms with Gasteiger partial charge in [0.25, 0.3) is 0 Å². The molecule has 46 heavy (non-hydrogen) atoms. The number of carbonyl (C=O) groups excluding carboxylic acids is 2. The molecule has 12 nitrogen and oxygen atoms in total. The number of esters is 1. The molecule has 12 heteroatoms. The van der Waals surface area contributed by atoms with E-state index in [1.807, 2.05) is 26.8 Å². The van der Waals surface area contributed by atoms with Crippen LogP contribution < -0.4 is 0 Å². The van der Waals surface area contributed by atoms with Crippen molar-refractivity contribution in [3.05, 3.63) is 22.8 Å². The smallest absolute Gasteiger partial charge is 0.334 e. The van der Waals surface area contributed by atoms with Gasteiger partial charge in [0.2, 0.25) is 0 Å². The van der Waals surface area contributed by atoms with Gasteiger partial charge in [0.15, 0.2) is 6.29 Å². The second kappa shape index (κ2) is 11.1. The van der Waals surface area contributed by atoms with Gasteiger partial charge >= 0.3 is 5.97 Å². The average molecular weight is 651 g/mol. The molecule has 0 radical (unpaired) electrons. The van der Waals surface area contributed by atoms with Gasteiger partial charge in [-0.3, -0.25) is 4.79 Å². The van der Waals surface area contributed by atoms with Gasteiger partial charge in [0, 0.05) is 23.8 Å². The molecule has 14 atom stereocenters. The SMILES string of the molecule is CC1=C(C)C(=O)O[C@H]([C@](C)(O)[C@]2(O)CC[C@@]3(O)[C@@H]4CC=C5C[C@@H](O[C@@H]6O[C@H](CO)[C@@H](O)[C@H](O)[C@H]6O)CC(=O)[C@]5(C)[C@@H]4CC[C@]23C)C1. The van der Waals surface area contributed by atoms with E-state index in [-0.39, 0.29) is 43.3 Å². The van der Waals surface area contributed by atoms with E-state index in [2.05, 4.69) is 0 Å². The molecule has 2 heterocycles. The first-order valence-electron chi connectivity index (χ1n) is 16.6. The second-order valence-electron chi connectivity index (χ2n) is 15.5. The van der Waals surface area contributed by atoms with Crippen molar-refractivity contribution < 1.29 is 59.5 Å². The van der Waals surface area contributed by atoms with Crippen LogP contribution in [0, 0.1) is 22.7 Å². The molecule has 0 aromatic rings. The van der Waals surface area contributed by atoms with Crippen molar-refractivity contribution in [3.63, 3.8) is 0 Å². The van der Waals surface area contributed by atoms with Crippen LogP contribution in [-0.4, -0.2) is 114 Å². The zero-order chi connectivity index (χ0) is 33.8. The molecular weight excluding hydrogens is 600 g/mol. The zero-order valence-corrected chi connectivity index (χ0v) is 27.3. The maximum atomic E-state index is 14.1. The van der Waals surface area contributed by atoms with E-state index in [9.17, 15) is 45.3 Å². The largest absolute Gasteiger partial charge is 0.455 e. The van der Waals surface area contributed by atoms with E-state index >= 15 is 0 Å². The Hall–Kier alpha value is -1.74. The number of aliphatic hydroxyl groups excluding tert-OH is 4. The highest BCUT2D eigenvalue weighted by Crippen LogP contribution is 2.70. The third-order valence-corrected chi connectivity index (χ3v) is 13.6. The van der Waals surface area contributed by atoms with Crippen molar-refractivity contribution in [2.45, 2.75) is 146 Å². The Labute approximate surface area is 269 Å². The van der Waals surface area contributed by atoms with Crippen LogP contribution in [0.3, 0.4) is 0 Å². The van der Waals surface area contributed by atoms with Crippen LogP contribution in [0.15, 0.2) is 22.8 Å². The van der Waals surface area contributed by atoms with Crippen molar-refractivity contribution in [1.82, 2.24) is 0 Å². The normalized spacial score (nSPS) is 50.6. The summed E-state index contributed by atoms with van der Waals surface area (Å²) in [6, 6.07) is 0. The maximum absolute atomic E-state index is 14.1. The van der Waals surface area contributed by atoms with Gasteiger partial charge in [-0.2, -0.15) is 0 Å². The van der Waals surface area contributed by atoms with Crippen molar-refractivity contribution in [2.75, 3.05) is 6.61 Å². The van der Waals surface area contributed by atoms with Crippen molar-refractivity contribution >= 4 is 11.8 Å². The van der Waals surface area contributed by atoms with Gasteiger partial charge in [-0.15, -0.1) is 0 Å². The lowest BCUT2D eigenvalue weighted by Crippen LogP contribution is -2.72. The van der Waals surface area contributed by atoms with Crippen molar-refractivity contribution in [3.8, 4) is 0 Å². The lowest BCUT2D eigenvalue weighted by molar-refractivity contribution is -0.312. The zero-order valence-electron chi connectivity index (χ0n) is 27.3. The monoisotopic (exact) mass is 650 g/mol. The summed E-state index contributed by atoms with van der Waals surface area (Å²) in [7, 11) is 0. The summed E-state index contributed by atoms with van der Waals surface area (Å²) in [5.74, 6) is -1.23. The number of Topliss-reactive ketones (excluding diaryl/α,β-unsaturated/α-hetero) is 1. The number of cyclic esters (lactones) is 1. The Morgan fingerprint density at radius 2 is 1.67 bits per heavy atom. The van der Waals surface area contributed by atoms with Gasteiger partial charge in [0.05, 0.1) is 23.7 Å². The summed E-state index contributed by atoms with van der Waals surface area (Å²) in [5.41, 5.74) is -4.97. The standard InChI is InChI=1S/C34H50O12/c1-16-12-24(46-28(40)17(16)2)32(5,41)34(43)11-10-33(42)21-7-6-18-13-19(44-29-27(39)26(38)25(37)22(15-35)45-29)14-23(36)31(18,4)20(21)8-9-30(33,34)3/h6,19-22,24-27,29,35,37-39,41-43H,7-15H2,1-5H3/t19-,20-,21-,22-,24+,25-,26+,27-,29-,30+,31+,32+,33-,34+/m1/s1. The number of allylic oxidation sites excluding steroid dienone is 1. The summed E-state index contributed by atoms with van der Waals surface area (Å²) in [6.07, 6.45) is -4.59. The van der Waals surface area contributed by atoms with E-state index in [4.69, 9.17) is 14.2 Å². The molecule has 0 aromatic carbocycles. The molecular formula is C34H50O12. The Kier molecular flexibility index (Phi) is 8.27. The van der Waals surface area contributed by atoms with E-state index in [1.54, 1.807) is 6.92 Å². The van der Waals surface area contributed by atoms with Gasteiger partial charge in [0.1, 0.15) is 47.5 Å². The molecule has 2 aliphatic heterocycles. The maximum Gasteiger partial charge on any atom is 0.334 e. The fourth-order valence-corrected chi connectivity index (χ4v) is 10.2. The molecule has 0 bridgehead atoms. The van der Waals surface area contributed by atoms with Gasteiger partial charge in [-0.1, -0.05) is 24.1 Å². The van der Waals surface area contributed by atoms with Crippen LogP contribution in [0.25, 0.3) is 0 Å². The van der Waals surface area contributed by atoms with Crippen molar-refractivity contribution in [2.24, 2.45) is 22.7 Å². The topological polar surface area (TPSA) is 203 Å². The summed E-state index contributed by atoms with van der Waals surface area (Å²) in [4.78, 5) is 26.6. The Morgan fingerprint density at radius 1 is 0.978 bits per heavy atom. The van der Waals surface area contributed by atoms with Crippen LogP contribution in [0.4, 0.5) is 0 Å². The minimum absolute atomic E-state index is 0.000240. The first-order valence-corrected chi connectivity index (χ1v) is 16.6. The lowest BCUT2D eigenvalue weighted by atomic mass is 9.44. The highest BCUT2D eigenvalue weighted by Gasteiger charge is 2.76. The van der Waals surface area contributed by atoms with Gasteiger partial charge in [-0.05, 0) is 78.1 Å². The summed E-state index contributed by atoms with van der Waals surface area (Å²) >= 11 is 0. The molecule has 0 unspecified atom stereocenters. The minimum atomic E-state index is -1.86. The minimum Gasteiger partial charge on any atom is -0.455 e. The Balaban J connectivity index is 1.25. The molecule has 258 valence electrons. The molecule has 0 aromatic heterocycles. The number of hydrogen-bond donors (Lipinski definition) is 7. The fraction of sp³-hybridized carbons (Fsp3) is 0.824. The predicted molar refractivity (Wildman–Crippen MR) is 161 cm³/mol. The van der Waals surface area contributed by atoms with E-state index in [0.717, 1.165) is 11.1 Å². The van der Waals surface area contributed by atoms with Crippen LogP contribution in [0.1, 0.15) is 86.0 Å². The van der Waals surface area contributed by atoms with Crippen LogP contribution in [0.5, 0.6) is 0 Å². The van der Waals surface area contributed by atoms with E-state index < -0.39 is 83.1 Å². The summed E-state index contributed by atoms with van der Waals surface area (Å²) < 4.78 is 17.2. The Morgan fingerprint density at radius 3 is 2.33 bits per heavy atom. The number of fused-ring (bicyclic) bond motifs is 5. The molecule has 6 rings (SSSR count). The number of hydrogen-bond acceptors (Lipinski definition) is 12. The number of aliphatic hydroxyl groups is 7. The van der Waals surface area contributed by atoms with Crippen LogP contribution in [-0.2, 0) is 23.8 Å². The molecule has 3 saturated carbocycles. The van der Waals surface area contributed by atoms with E-state index in [0.29, 0.717) is 31.3 Å². The summed E-state index contributed by atoms with van der Waals surface area (Å²) in [6.45, 7) is 8.13. The molecule has 0 spiro atoms. The quantitative estimate of drug-likeness (QED) is 0.161. The fourth-order valence-electron chi connectivity index (χ4n) is 10.2. The van der Waals surface area contributed by atoms with Crippen LogP contribution >= 0.6 is 0 Å². The number of ether oxygens (including phenoxy) is 3. The predicted octanol–water partition coefficient (Wildman–Crippen LogP) is 0.562. The second-order valence-corrected chi connectivity index (χ2v) is 15.5. The molecule has 4 aliphatic carbocycles. The number of rotatable bonds is 5. The van der Waals surface area contributed by atoms with Gasteiger partial charge in [-0.25, -0.2) is 4.79 Å². The van der Waals surface area contributed by atoms with E-state index in [1.165, 1.54) is 6.92 Å². The molecule has 0 amide bonds. The van der Waals surface area contributed by atoms with Gasteiger partial charge < -0.3 is 50.0 Å². The highest BCUT2D eigenvalue weighted by molar-refractivity contribution is 5.90. The third kappa shape index (κ3) is 4.44. The van der Waals surface area contributed by atoms with Crippen molar-refractivity contribution in [1.29, 1.82) is 0 Å². The first kappa shape index (κ1) is 34.1. The first-order chi connectivity index (χ1) is 21.4. The Bertz CT molecular complexity index is 1340. The number of carbonyl (C=O) groups is 2. The molecule has 6 aliphatic rings. The molecule has 1 saturated heterocycles. The lowest BCUT2D eigenvalue weighted by Gasteiger charge is -2.63. The highest BCUT2D eigenvalue weighted by atomic mass is 16.7. The average Bonchev–Trinajstić information content (AvgIpc) is 3.23. The third-order valence-electron chi connectivity index (χ3n) is 13.6. The molecule has 7 N–H and O–H groups in total. The van der Waals surface area contributed by atoms with Crippen LogP contribution in [0.2, 0.25) is 0 Å². The summed E-state index contributed by atoms with van der Waals surface area (Å²) in [5, 5.41) is 77.5.